The molecule has 0 amide bonds. The van der Waals surface area contributed by atoms with Crippen LogP contribution in [-0.4, -0.2) is 12.6 Å². The van der Waals surface area contributed by atoms with E-state index in [4.69, 9.17) is 32.5 Å². The molecule has 138 valence electrons. The van der Waals surface area contributed by atoms with E-state index in [2.05, 4.69) is 0 Å². The zero-order valence-corrected chi connectivity index (χ0v) is 14.6. The molecule has 0 atom stereocenters. The number of carbonyl (C=O) groups is 1. The number of aryl methyl sites for hydroxylation is 1. The van der Waals surface area contributed by atoms with Gasteiger partial charge in [-0.25, -0.2) is 23.1 Å². The van der Waals surface area contributed by atoms with Crippen LogP contribution in [0.3, 0.4) is 0 Å². The fourth-order valence-corrected chi connectivity index (χ4v) is 3.25. The lowest BCUT2D eigenvalue weighted by Crippen LogP contribution is -2.68. The zero-order valence-electron chi connectivity index (χ0n) is 13.8. The molecule has 2 heterocycles. The van der Waals surface area contributed by atoms with Crippen LogP contribution in [0.5, 0.6) is 11.5 Å². The number of ketones is 1. The van der Waals surface area contributed by atoms with Crippen molar-refractivity contribution in [1.29, 1.82) is 0 Å². The van der Waals surface area contributed by atoms with Gasteiger partial charge in [-0.1, -0.05) is 18.2 Å². The second-order valence-electron chi connectivity index (χ2n) is 5.87. The van der Waals surface area contributed by atoms with E-state index in [1.165, 1.54) is 0 Å². The highest BCUT2D eigenvalue weighted by molar-refractivity contribution is 6.26. The fourth-order valence-electron chi connectivity index (χ4n) is 3.25. The monoisotopic (exact) mass is 390 g/mol. The first-order chi connectivity index (χ1) is 12.7. The Morgan fingerprint density at radius 1 is 0.963 bits per heavy atom. The minimum atomic E-state index is -4.94. The quantitative estimate of drug-likeness (QED) is 0.356. The lowest BCUT2D eigenvalue weighted by Gasteiger charge is -2.17. The molecule has 0 N–H and O–H groups in total. The predicted molar refractivity (Wildman–Crippen MR) is 80.3 cm³/mol. The van der Waals surface area contributed by atoms with Crippen LogP contribution in [0.15, 0.2) is 40.8 Å². The SMILES string of the molecule is Cc1[o+]c2c(c3cc4c(cc13)OCO4)C(=O)c1ccccc1-2.[O-][Cl+3]([O-])([O-])[O-]. The van der Waals surface area contributed by atoms with Gasteiger partial charge in [0.05, 0.1) is 17.9 Å². The molecule has 27 heavy (non-hydrogen) atoms. The van der Waals surface area contributed by atoms with Crippen molar-refractivity contribution in [3.8, 4) is 22.8 Å². The van der Waals surface area contributed by atoms with Crippen LogP contribution in [-0.2, 0) is 0 Å². The van der Waals surface area contributed by atoms with E-state index in [0.29, 0.717) is 28.4 Å². The van der Waals surface area contributed by atoms with E-state index in [1.54, 1.807) is 0 Å². The van der Waals surface area contributed by atoms with Crippen molar-refractivity contribution < 1.29 is 47.6 Å². The van der Waals surface area contributed by atoms with Crippen molar-refractivity contribution >= 4 is 16.6 Å². The molecule has 0 bridgehead atoms. The van der Waals surface area contributed by atoms with E-state index in [1.807, 2.05) is 43.3 Å². The molecule has 0 saturated carbocycles. The van der Waals surface area contributed by atoms with Crippen LogP contribution < -0.4 is 28.1 Å². The highest BCUT2D eigenvalue weighted by atomic mass is 35.7. The van der Waals surface area contributed by atoms with E-state index in [0.717, 1.165) is 22.1 Å². The molecule has 2 aliphatic rings. The van der Waals surface area contributed by atoms with Gasteiger partial charge in [0.25, 0.3) is 0 Å². The molecule has 1 aromatic heterocycles. The minimum Gasteiger partial charge on any atom is -0.454 e. The van der Waals surface area contributed by atoms with Crippen molar-refractivity contribution in [2.45, 2.75) is 6.92 Å². The van der Waals surface area contributed by atoms with Gasteiger partial charge in [-0.3, -0.25) is 4.79 Å². The summed E-state index contributed by atoms with van der Waals surface area (Å²) in [6.45, 7) is 2.11. The fraction of sp³-hybridized carbons (Fsp3) is 0.111. The van der Waals surface area contributed by atoms with Gasteiger partial charge < -0.3 is 9.47 Å². The smallest absolute Gasteiger partial charge is 0.372 e. The van der Waals surface area contributed by atoms with Gasteiger partial charge in [0, 0.05) is 17.0 Å². The largest absolute Gasteiger partial charge is 0.454 e. The standard InChI is InChI=1S/C18H11O4.ClHO4/c1-9-12-6-14-15(21-8-20-14)7-13(12)16-17(19)10-4-2-3-5-11(10)18(16)22-9;2-1(3,4)5/h2-7H,8H2,1H3;(H,2,3,4,5)/q+1;/p-1. The minimum absolute atomic E-state index is 0.00165. The highest BCUT2D eigenvalue weighted by Gasteiger charge is 2.39. The molecular formula is C18H11ClO8. The van der Waals surface area contributed by atoms with Crippen molar-refractivity contribution in [2.75, 3.05) is 6.79 Å². The van der Waals surface area contributed by atoms with Crippen molar-refractivity contribution in [2.24, 2.45) is 0 Å². The van der Waals surface area contributed by atoms with Gasteiger partial charge in [0.15, 0.2) is 11.5 Å². The molecular weight excluding hydrogens is 380 g/mol. The topological polar surface area (TPSA) is 139 Å². The Balaban J connectivity index is 0.000000323. The van der Waals surface area contributed by atoms with Crippen LogP contribution in [0.1, 0.15) is 21.7 Å². The number of hydrogen-bond acceptors (Lipinski definition) is 7. The normalized spacial score (nSPS) is 13.9. The Hall–Kier alpha value is -2.75. The van der Waals surface area contributed by atoms with E-state index >= 15 is 0 Å². The van der Waals surface area contributed by atoms with Gasteiger partial charge >= 0.3 is 11.5 Å². The molecule has 0 saturated heterocycles. The van der Waals surface area contributed by atoms with E-state index in [-0.39, 0.29) is 12.6 Å². The zero-order chi connectivity index (χ0) is 19.3. The molecule has 5 rings (SSSR count). The van der Waals surface area contributed by atoms with E-state index < -0.39 is 10.2 Å². The number of benzene rings is 2. The number of carbonyl (C=O) groups excluding carboxylic acids is 1. The summed E-state index contributed by atoms with van der Waals surface area (Å²) in [4.78, 5) is 12.8. The summed E-state index contributed by atoms with van der Waals surface area (Å²) in [5.41, 5.74) is 2.15. The Kier molecular flexibility index (Phi) is 4.02. The molecule has 0 fully saturated rings. The van der Waals surface area contributed by atoms with Crippen LogP contribution >= 0.6 is 0 Å². The molecule has 2 aromatic carbocycles. The molecule has 0 spiro atoms. The average Bonchev–Trinajstić information content (AvgIpc) is 3.15. The lowest BCUT2D eigenvalue weighted by atomic mass is 10.0. The molecule has 0 radical (unpaired) electrons. The van der Waals surface area contributed by atoms with Gasteiger partial charge in [0.2, 0.25) is 12.6 Å². The summed E-state index contributed by atoms with van der Waals surface area (Å²) < 4.78 is 50.8. The van der Waals surface area contributed by atoms with Gasteiger partial charge in [-0.2, -0.15) is 0 Å². The first-order valence-corrected chi connectivity index (χ1v) is 8.93. The lowest BCUT2D eigenvalue weighted by molar-refractivity contribution is -2.00. The molecule has 9 heteroatoms. The van der Waals surface area contributed by atoms with Crippen molar-refractivity contribution in [3.05, 3.63) is 53.3 Å². The van der Waals surface area contributed by atoms with Crippen molar-refractivity contribution in [1.82, 2.24) is 0 Å². The highest BCUT2D eigenvalue weighted by Crippen LogP contribution is 2.45. The maximum absolute atomic E-state index is 12.8. The Morgan fingerprint density at radius 3 is 2.15 bits per heavy atom. The first kappa shape index (κ1) is 17.7. The summed E-state index contributed by atoms with van der Waals surface area (Å²) >= 11 is 0. The van der Waals surface area contributed by atoms with Crippen LogP contribution in [0, 0.1) is 17.2 Å². The Bertz CT molecular complexity index is 1080. The number of hydrogen-bond donors (Lipinski definition) is 0. The first-order valence-electron chi connectivity index (χ1n) is 7.70. The van der Waals surface area contributed by atoms with Crippen LogP contribution in [0.4, 0.5) is 0 Å². The number of rotatable bonds is 0. The number of ether oxygens (including phenoxy) is 2. The maximum Gasteiger partial charge on any atom is 0.372 e. The third-order valence-corrected chi connectivity index (χ3v) is 4.29. The van der Waals surface area contributed by atoms with E-state index in [9.17, 15) is 4.79 Å². The summed E-state index contributed by atoms with van der Waals surface area (Å²) in [6, 6.07) is 11.3. The number of halogens is 1. The maximum atomic E-state index is 12.8. The van der Waals surface area contributed by atoms with Crippen LogP contribution in [0.2, 0.25) is 0 Å². The summed E-state index contributed by atoms with van der Waals surface area (Å²) in [7, 11) is -4.94. The second kappa shape index (κ2) is 6.15. The second-order valence-corrected chi connectivity index (χ2v) is 6.62. The summed E-state index contributed by atoms with van der Waals surface area (Å²) in [5, 5.41) is 1.73. The Morgan fingerprint density at radius 2 is 1.52 bits per heavy atom. The summed E-state index contributed by atoms with van der Waals surface area (Å²) in [5.74, 6) is 2.76. The van der Waals surface area contributed by atoms with Crippen molar-refractivity contribution in [3.63, 3.8) is 0 Å². The van der Waals surface area contributed by atoms with Gasteiger partial charge in [-0.05, 0) is 12.1 Å². The van der Waals surface area contributed by atoms with Gasteiger partial charge in [-0.15, -0.1) is 10.2 Å². The third kappa shape index (κ3) is 3.09. The molecule has 3 aromatic rings. The van der Waals surface area contributed by atoms with Gasteiger partial charge in [0.1, 0.15) is 5.56 Å². The number of fused-ring (bicyclic) bond motifs is 6. The predicted octanol–water partition coefficient (Wildman–Crippen LogP) is -0.794. The van der Waals surface area contributed by atoms with Crippen LogP contribution in [0.25, 0.3) is 22.1 Å². The molecule has 1 aliphatic carbocycles. The Labute approximate surface area is 154 Å². The molecule has 8 nitrogen and oxygen atoms in total. The molecule has 1 aliphatic heterocycles. The third-order valence-electron chi connectivity index (χ3n) is 4.29. The average molecular weight is 391 g/mol. The molecule has 0 unspecified atom stereocenters. The summed E-state index contributed by atoms with van der Waals surface area (Å²) in [6.07, 6.45) is 0.